The van der Waals surface area contributed by atoms with E-state index in [4.69, 9.17) is 5.73 Å². The molecule has 3 heterocycles. The molecule has 0 saturated carbocycles. The quantitative estimate of drug-likeness (QED) is 0.796. The molecule has 0 saturated heterocycles. The zero-order chi connectivity index (χ0) is 13.4. The summed E-state index contributed by atoms with van der Waals surface area (Å²) in [7, 11) is 0. The van der Waals surface area contributed by atoms with Gasteiger partial charge in [-0.3, -0.25) is 4.57 Å². The molecule has 0 fully saturated rings. The van der Waals surface area contributed by atoms with Crippen LogP contribution in [-0.4, -0.2) is 19.5 Å². The van der Waals surface area contributed by atoms with Gasteiger partial charge in [-0.05, 0) is 25.5 Å². The van der Waals surface area contributed by atoms with E-state index in [0.29, 0.717) is 5.95 Å². The summed E-state index contributed by atoms with van der Waals surface area (Å²) >= 11 is 1.63. The van der Waals surface area contributed by atoms with Gasteiger partial charge in [0.05, 0.1) is 6.04 Å². The predicted octanol–water partition coefficient (Wildman–Crippen LogP) is 2.78. The lowest BCUT2D eigenvalue weighted by molar-refractivity contribution is 0.581. The Hall–Kier alpha value is -1.95. The van der Waals surface area contributed by atoms with Gasteiger partial charge in [-0.25, -0.2) is 15.0 Å². The summed E-state index contributed by atoms with van der Waals surface area (Å²) in [4.78, 5) is 13.4. The summed E-state index contributed by atoms with van der Waals surface area (Å²) in [6.07, 6.45) is 2.72. The third-order valence-corrected chi connectivity index (χ3v) is 4.02. The number of aromatic nitrogens is 4. The minimum absolute atomic E-state index is 0.0966. The highest BCUT2D eigenvalue weighted by Crippen LogP contribution is 2.29. The van der Waals surface area contributed by atoms with Gasteiger partial charge in [0.25, 0.3) is 0 Å². The first-order chi connectivity index (χ1) is 9.20. The van der Waals surface area contributed by atoms with Crippen molar-refractivity contribution < 1.29 is 0 Å². The molecule has 1 atom stereocenters. The van der Waals surface area contributed by atoms with Crippen molar-refractivity contribution in [3.05, 3.63) is 34.4 Å². The molecule has 0 bridgehead atoms. The third kappa shape index (κ3) is 1.98. The molecule has 19 heavy (non-hydrogen) atoms. The van der Waals surface area contributed by atoms with E-state index in [2.05, 4.69) is 21.9 Å². The number of anilines is 1. The van der Waals surface area contributed by atoms with Gasteiger partial charge in [0.15, 0.2) is 5.65 Å². The average Bonchev–Trinajstić information content (AvgIpc) is 3.00. The molecular weight excluding hydrogens is 258 g/mol. The van der Waals surface area contributed by atoms with Crippen molar-refractivity contribution in [1.29, 1.82) is 0 Å². The Morgan fingerprint density at radius 3 is 2.89 bits per heavy atom. The van der Waals surface area contributed by atoms with Gasteiger partial charge in [0.2, 0.25) is 5.95 Å². The Balaban J connectivity index is 2.23. The van der Waals surface area contributed by atoms with E-state index in [1.54, 1.807) is 11.3 Å². The van der Waals surface area contributed by atoms with Gasteiger partial charge in [-0.15, -0.1) is 11.3 Å². The Labute approximate surface area is 115 Å². The summed E-state index contributed by atoms with van der Waals surface area (Å²) < 4.78 is 1.99. The van der Waals surface area contributed by atoms with E-state index in [1.807, 2.05) is 35.2 Å². The number of pyridine rings is 1. The molecule has 98 valence electrons. The maximum absolute atomic E-state index is 6.07. The standard InChI is InChI=1S/C13H15N5S/c1-3-10(12-15-6-7-19-12)18-11-9(17-13(18)14)5-4-8(2)16-11/h4-7,10H,3H2,1-2H3,(H2,14,17). The molecule has 6 heteroatoms. The fraction of sp³-hybridized carbons (Fsp3) is 0.308. The molecule has 0 amide bonds. The van der Waals surface area contributed by atoms with Crippen LogP contribution in [0, 0.1) is 6.92 Å². The van der Waals surface area contributed by atoms with Gasteiger partial charge < -0.3 is 5.73 Å². The third-order valence-electron chi connectivity index (χ3n) is 3.14. The zero-order valence-electron chi connectivity index (χ0n) is 10.9. The fourth-order valence-corrected chi connectivity index (χ4v) is 3.07. The Morgan fingerprint density at radius 2 is 2.21 bits per heavy atom. The van der Waals surface area contributed by atoms with E-state index in [9.17, 15) is 0 Å². The number of aryl methyl sites for hydroxylation is 1. The summed E-state index contributed by atoms with van der Waals surface area (Å²) in [5.74, 6) is 0.496. The first-order valence-electron chi connectivity index (χ1n) is 6.21. The largest absolute Gasteiger partial charge is 0.369 e. The minimum Gasteiger partial charge on any atom is -0.369 e. The SMILES string of the molecule is CCC(c1nccs1)n1c(N)nc2ccc(C)nc21. The van der Waals surface area contributed by atoms with Crippen LogP contribution in [0.15, 0.2) is 23.7 Å². The lowest BCUT2D eigenvalue weighted by atomic mass is 10.2. The molecule has 0 spiro atoms. The van der Waals surface area contributed by atoms with Crippen molar-refractivity contribution in [3.63, 3.8) is 0 Å². The number of imidazole rings is 1. The Kier molecular flexibility index (Phi) is 2.94. The molecule has 2 N–H and O–H groups in total. The molecular formula is C13H15N5S. The lowest BCUT2D eigenvalue weighted by Crippen LogP contribution is -2.13. The average molecular weight is 273 g/mol. The second kappa shape index (κ2) is 4.62. The van der Waals surface area contributed by atoms with E-state index in [-0.39, 0.29) is 6.04 Å². The molecule has 1 unspecified atom stereocenters. The number of thiazole rings is 1. The molecule has 3 rings (SSSR count). The predicted molar refractivity (Wildman–Crippen MR) is 77.2 cm³/mol. The van der Waals surface area contributed by atoms with Crippen molar-refractivity contribution in [2.75, 3.05) is 5.73 Å². The van der Waals surface area contributed by atoms with E-state index >= 15 is 0 Å². The number of nitrogens with two attached hydrogens (primary N) is 1. The zero-order valence-corrected chi connectivity index (χ0v) is 11.7. The summed E-state index contributed by atoms with van der Waals surface area (Å²) in [5, 5.41) is 3.02. The van der Waals surface area contributed by atoms with Gasteiger partial charge >= 0.3 is 0 Å². The highest BCUT2D eigenvalue weighted by atomic mass is 32.1. The van der Waals surface area contributed by atoms with Crippen molar-refractivity contribution in [3.8, 4) is 0 Å². The van der Waals surface area contributed by atoms with Crippen molar-refractivity contribution in [2.24, 2.45) is 0 Å². The highest BCUT2D eigenvalue weighted by molar-refractivity contribution is 7.09. The maximum atomic E-state index is 6.07. The number of hydrogen-bond acceptors (Lipinski definition) is 5. The summed E-state index contributed by atoms with van der Waals surface area (Å²) in [5.41, 5.74) is 8.70. The number of nitrogen functional groups attached to an aromatic ring is 1. The van der Waals surface area contributed by atoms with Crippen LogP contribution >= 0.6 is 11.3 Å². The molecule has 5 nitrogen and oxygen atoms in total. The molecule has 3 aromatic rings. The molecule has 0 aliphatic carbocycles. The normalized spacial score (nSPS) is 12.9. The number of hydrogen-bond donors (Lipinski definition) is 1. The van der Waals surface area contributed by atoms with Crippen LogP contribution in [0.4, 0.5) is 5.95 Å². The molecule has 0 aliphatic heterocycles. The van der Waals surface area contributed by atoms with Crippen LogP contribution in [0.25, 0.3) is 11.2 Å². The topological polar surface area (TPSA) is 69.6 Å². The van der Waals surface area contributed by atoms with E-state index in [1.165, 1.54) is 0 Å². The van der Waals surface area contributed by atoms with Crippen molar-refractivity contribution >= 4 is 28.4 Å². The number of fused-ring (bicyclic) bond motifs is 1. The van der Waals surface area contributed by atoms with Crippen LogP contribution in [0.2, 0.25) is 0 Å². The second-order valence-corrected chi connectivity index (χ2v) is 5.36. The first-order valence-corrected chi connectivity index (χ1v) is 7.09. The van der Waals surface area contributed by atoms with Gasteiger partial charge in [-0.2, -0.15) is 0 Å². The van der Waals surface area contributed by atoms with Crippen LogP contribution in [0.1, 0.15) is 30.1 Å². The smallest absolute Gasteiger partial charge is 0.203 e. The second-order valence-electron chi connectivity index (χ2n) is 4.43. The molecule has 0 aliphatic rings. The summed E-state index contributed by atoms with van der Waals surface area (Å²) in [6, 6.07) is 4.00. The van der Waals surface area contributed by atoms with Crippen LogP contribution < -0.4 is 5.73 Å². The highest BCUT2D eigenvalue weighted by Gasteiger charge is 2.20. The fourth-order valence-electron chi connectivity index (χ4n) is 2.26. The van der Waals surface area contributed by atoms with Gasteiger partial charge in [0.1, 0.15) is 10.5 Å². The van der Waals surface area contributed by atoms with E-state index in [0.717, 1.165) is 28.3 Å². The van der Waals surface area contributed by atoms with Gasteiger partial charge in [-0.1, -0.05) is 6.92 Å². The Bertz CT molecular complexity index is 701. The molecule has 0 radical (unpaired) electrons. The lowest BCUT2D eigenvalue weighted by Gasteiger charge is -2.16. The van der Waals surface area contributed by atoms with E-state index < -0.39 is 0 Å². The number of nitrogens with zero attached hydrogens (tertiary/aromatic N) is 4. The van der Waals surface area contributed by atoms with Crippen LogP contribution in [-0.2, 0) is 0 Å². The van der Waals surface area contributed by atoms with Gasteiger partial charge in [0, 0.05) is 17.3 Å². The molecule has 0 aromatic carbocycles. The molecule has 3 aromatic heterocycles. The van der Waals surface area contributed by atoms with Crippen LogP contribution in [0.5, 0.6) is 0 Å². The number of rotatable bonds is 3. The monoisotopic (exact) mass is 273 g/mol. The summed E-state index contributed by atoms with van der Waals surface area (Å²) in [6.45, 7) is 4.09. The van der Waals surface area contributed by atoms with Crippen molar-refractivity contribution in [2.45, 2.75) is 26.3 Å². The Morgan fingerprint density at radius 1 is 1.37 bits per heavy atom. The van der Waals surface area contributed by atoms with Crippen molar-refractivity contribution in [1.82, 2.24) is 19.5 Å². The maximum Gasteiger partial charge on any atom is 0.203 e. The first kappa shape index (κ1) is 12.1. The van der Waals surface area contributed by atoms with Crippen LogP contribution in [0.3, 0.4) is 0 Å². The minimum atomic E-state index is 0.0966.